The predicted molar refractivity (Wildman–Crippen MR) is 137 cm³/mol. The smallest absolute Gasteiger partial charge is 0.228 e. The fourth-order valence-electron chi connectivity index (χ4n) is 4.87. The summed E-state index contributed by atoms with van der Waals surface area (Å²) in [5, 5.41) is 9.19. The number of rotatable bonds is 7. The zero-order valence-corrected chi connectivity index (χ0v) is 20.8. The first-order valence-corrected chi connectivity index (χ1v) is 12.2. The molecule has 11 heteroatoms. The molecular weight excluding hydrogens is 502 g/mol. The van der Waals surface area contributed by atoms with Crippen molar-refractivity contribution in [3.8, 4) is 22.9 Å². The number of hydrogen-bond donors (Lipinski definition) is 3. The number of anilines is 2. The molecule has 2 aromatic heterocycles. The van der Waals surface area contributed by atoms with Crippen LogP contribution in [0.15, 0.2) is 42.7 Å². The number of pyridine rings is 1. The monoisotopic (exact) mass is 528 g/mol. The number of piperidine rings is 1. The molecule has 1 aliphatic heterocycles. The van der Waals surface area contributed by atoms with Gasteiger partial charge in [0, 0.05) is 30.9 Å². The van der Waals surface area contributed by atoms with Crippen LogP contribution in [0, 0.1) is 23.0 Å². The lowest BCUT2D eigenvalue weighted by atomic mass is 10.1. The summed E-state index contributed by atoms with van der Waals surface area (Å²) in [7, 11) is 0. The summed E-state index contributed by atoms with van der Waals surface area (Å²) in [6.07, 6.45) is 8.10. The number of carbonyl (C=O) groups is 1. The van der Waals surface area contributed by atoms with E-state index < -0.39 is 11.6 Å². The molecule has 1 unspecified atom stereocenters. The fraction of sp³-hybridized carbons (Fsp3) is 0.385. The standard InChI is InChI=1S/C26H26F2N6O2.ClH/c27-21-19(33-23(35)17-13-26(17)8-9-26)5-6-20(22(21)28)36-24-16(4-2-11-30-24)18-7-12-31-25(34-18)32-15-3-1-10-29-14-15;/h2,4-7,11-12,15,17,29H,1,3,8-10,13-14H2,(H,33,35)(H,31,32,34);1H/t15-,17?;/m0./s1. The number of amides is 1. The summed E-state index contributed by atoms with van der Waals surface area (Å²) >= 11 is 0. The van der Waals surface area contributed by atoms with Crippen LogP contribution in [0.3, 0.4) is 0 Å². The fourth-order valence-corrected chi connectivity index (χ4v) is 4.87. The summed E-state index contributed by atoms with van der Waals surface area (Å²) in [6.45, 7) is 1.83. The maximum atomic E-state index is 14.9. The van der Waals surface area contributed by atoms with Crippen molar-refractivity contribution in [3.63, 3.8) is 0 Å². The molecule has 2 aliphatic carbocycles. The summed E-state index contributed by atoms with van der Waals surface area (Å²) < 4.78 is 35.4. The summed E-state index contributed by atoms with van der Waals surface area (Å²) in [5.41, 5.74) is 0.965. The molecule has 3 fully saturated rings. The summed E-state index contributed by atoms with van der Waals surface area (Å²) in [4.78, 5) is 25.5. The van der Waals surface area contributed by atoms with Crippen molar-refractivity contribution in [2.75, 3.05) is 23.7 Å². The summed E-state index contributed by atoms with van der Waals surface area (Å²) in [6, 6.07) is 7.97. The number of aromatic nitrogens is 3. The maximum Gasteiger partial charge on any atom is 0.228 e. The molecule has 2 saturated carbocycles. The lowest BCUT2D eigenvalue weighted by Crippen LogP contribution is -2.38. The molecule has 8 nitrogen and oxygen atoms in total. The highest BCUT2D eigenvalue weighted by atomic mass is 35.5. The Balaban J connectivity index is 0.00000280. The number of halogens is 3. The molecule has 1 spiro atoms. The molecule has 1 saturated heterocycles. The van der Waals surface area contributed by atoms with Crippen LogP contribution in [0.25, 0.3) is 11.3 Å². The van der Waals surface area contributed by atoms with Gasteiger partial charge in [0.25, 0.3) is 0 Å². The van der Waals surface area contributed by atoms with E-state index in [9.17, 15) is 13.6 Å². The first kappa shape index (κ1) is 25.3. The van der Waals surface area contributed by atoms with E-state index in [1.165, 1.54) is 18.3 Å². The van der Waals surface area contributed by atoms with Crippen LogP contribution in [0.1, 0.15) is 32.1 Å². The van der Waals surface area contributed by atoms with E-state index in [2.05, 4.69) is 30.9 Å². The Bertz CT molecular complexity index is 1320. The van der Waals surface area contributed by atoms with Crippen LogP contribution in [0.5, 0.6) is 11.6 Å². The Kier molecular flexibility index (Phi) is 6.96. The molecule has 2 atom stereocenters. The van der Waals surface area contributed by atoms with Gasteiger partial charge in [0.15, 0.2) is 11.6 Å². The molecule has 0 bridgehead atoms. The highest BCUT2D eigenvalue weighted by molar-refractivity contribution is 5.95. The summed E-state index contributed by atoms with van der Waals surface area (Å²) in [5.74, 6) is -2.52. The molecule has 3 aliphatic rings. The average Bonchev–Trinajstić information content (AvgIpc) is 3.83. The second kappa shape index (κ2) is 10.2. The number of benzene rings is 1. The normalized spacial score (nSPS) is 21.0. The molecule has 6 rings (SSSR count). The van der Waals surface area contributed by atoms with Crippen molar-refractivity contribution in [2.45, 2.75) is 38.1 Å². The number of nitrogens with zero attached hydrogens (tertiary/aromatic N) is 3. The lowest BCUT2D eigenvalue weighted by molar-refractivity contribution is -0.117. The highest BCUT2D eigenvalue weighted by Gasteiger charge is 2.65. The Morgan fingerprint density at radius 3 is 2.73 bits per heavy atom. The van der Waals surface area contributed by atoms with E-state index in [0.717, 1.165) is 45.2 Å². The molecule has 3 aromatic rings. The lowest BCUT2D eigenvalue weighted by Gasteiger charge is -2.23. The topological polar surface area (TPSA) is 101 Å². The van der Waals surface area contributed by atoms with E-state index in [4.69, 9.17) is 4.74 Å². The van der Waals surface area contributed by atoms with Crippen molar-refractivity contribution in [3.05, 3.63) is 54.4 Å². The number of ether oxygens (including phenoxy) is 1. The van der Waals surface area contributed by atoms with Gasteiger partial charge in [-0.05, 0) is 74.4 Å². The first-order valence-electron chi connectivity index (χ1n) is 12.2. The largest absolute Gasteiger partial charge is 0.435 e. The van der Waals surface area contributed by atoms with Crippen LogP contribution in [-0.2, 0) is 4.79 Å². The van der Waals surface area contributed by atoms with Gasteiger partial charge in [-0.2, -0.15) is 4.39 Å². The van der Waals surface area contributed by atoms with E-state index >= 15 is 0 Å². The van der Waals surface area contributed by atoms with Gasteiger partial charge in [-0.25, -0.2) is 19.3 Å². The van der Waals surface area contributed by atoms with E-state index in [1.807, 2.05) is 0 Å². The third-order valence-electron chi connectivity index (χ3n) is 7.24. The molecule has 37 heavy (non-hydrogen) atoms. The van der Waals surface area contributed by atoms with Crippen molar-refractivity contribution < 1.29 is 18.3 Å². The van der Waals surface area contributed by atoms with Gasteiger partial charge in [-0.3, -0.25) is 4.79 Å². The van der Waals surface area contributed by atoms with Gasteiger partial charge in [0.05, 0.1) is 16.9 Å². The van der Waals surface area contributed by atoms with Gasteiger partial charge in [-0.1, -0.05) is 0 Å². The zero-order valence-electron chi connectivity index (χ0n) is 20.0. The molecule has 1 amide bonds. The Morgan fingerprint density at radius 1 is 1.11 bits per heavy atom. The van der Waals surface area contributed by atoms with Crippen LogP contribution in [-0.4, -0.2) is 40.0 Å². The molecule has 194 valence electrons. The van der Waals surface area contributed by atoms with E-state index in [1.54, 1.807) is 24.4 Å². The van der Waals surface area contributed by atoms with Gasteiger partial charge in [0.1, 0.15) is 0 Å². The molecular formula is C26H27ClF2N6O2. The van der Waals surface area contributed by atoms with Gasteiger partial charge in [0.2, 0.25) is 23.6 Å². The van der Waals surface area contributed by atoms with Crippen LogP contribution in [0.2, 0.25) is 0 Å². The third-order valence-corrected chi connectivity index (χ3v) is 7.24. The van der Waals surface area contributed by atoms with Gasteiger partial charge >= 0.3 is 0 Å². The number of carbonyl (C=O) groups excluding carboxylic acids is 1. The number of nitrogens with one attached hydrogen (secondary N) is 3. The van der Waals surface area contributed by atoms with Crippen molar-refractivity contribution in [1.29, 1.82) is 0 Å². The Morgan fingerprint density at radius 2 is 1.97 bits per heavy atom. The minimum absolute atomic E-state index is 0. The quantitative estimate of drug-likeness (QED) is 0.399. The van der Waals surface area contributed by atoms with Gasteiger partial charge < -0.3 is 20.7 Å². The van der Waals surface area contributed by atoms with E-state index in [-0.39, 0.29) is 53.0 Å². The van der Waals surface area contributed by atoms with Crippen LogP contribution in [0.4, 0.5) is 20.4 Å². The van der Waals surface area contributed by atoms with E-state index in [0.29, 0.717) is 17.2 Å². The van der Waals surface area contributed by atoms with Gasteiger partial charge in [-0.15, -0.1) is 12.4 Å². The second-order valence-corrected chi connectivity index (χ2v) is 9.76. The molecule has 3 heterocycles. The van der Waals surface area contributed by atoms with Crippen molar-refractivity contribution >= 4 is 29.9 Å². The minimum Gasteiger partial charge on any atom is -0.435 e. The van der Waals surface area contributed by atoms with Crippen LogP contribution >= 0.6 is 12.4 Å². The first-order chi connectivity index (χ1) is 17.5. The second-order valence-electron chi connectivity index (χ2n) is 9.76. The third kappa shape index (κ3) is 5.21. The van der Waals surface area contributed by atoms with Crippen LogP contribution < -0.4 is 20.7 Å². The van der Waals surface area contributed by atoms with Crippen molar-refractivity contribution in [2.24, 2.45) is 11.3 Å². The Hall–Kier alpha value is -3.37. The zero-order chi connectivity index (χ0) is 24.7. The maximum absolute atomic E-state index is 14.9. The predicted octanol–water partition coefficient (Wildman–Crippen LogP) is 4.93. The minimum atomic E-state index is -1.20. The SMILES string of the molecule is Cl.O=C(Nc1ccc(Oc2ncccc2-c2ccnc(N[C@H]3CCCNC3)n2)c(F)c1F)C1CC12CC2. The molecule has 0 radical (unpaired) electrons. The molecule has 1 aromatic carbocycles. The Labute approximate surface area is 219 Å². The molecule has 3 N–H and O–H groups in total. The van der Waals surface area contributed by atoms with Crippen molar-refractivity contribution in [1.82, 2.24) is 20.3 Å². The number of hydrogen-bond acceptors (Lipinski definition) is 7. The highest BCUT2D eigenvalue weighted by Crippen LogP contribution is 2.70. The average molecular weight is 529 g/mol.